The Hall–Kier alpha value is -3.03. The van der Waals surface area contributed by atoms with Crippen molar-refractivity contribution in [2.24, 2.45) is 0 Å². The first-order valence-electron chi connectivity index (χ1n) is 9.41. The Morgan fingerprint density at radius 1 is 1.27 bits per heavy atom. The Morgan fingerprint density at radius 3 is 2.73 bits per heavy atom. The maximum absolute atomic E-state index is 12.7. The molecule has 3 amide bonds. The van der Waals surface area contributed by atoms with E-state index < -0.39 is 11.1 Å². The molecule has 3 rings (SSSR count). The number of carbonyl (C=O) groups excluding carboxylic acids is 3. The maximum atomic E-state index is 12.7. The number of amides is 3. The van der Waals surface area contributed by atoms with Crippen molar-refractivity contribution in [3.8, 4) is 17.6 Å². The van der Waals surface area contributed by atoms with Crippen molar-refractivity contribution >= 4 is 34.9 Å². The van der Waals surface area contributed by atoms with Crippen molar-refractivity contribution in [1.82, 2.24) is 9.80 Å². The van der Waals surface area contributed by atoms with Crippen LogP contribution in [0.15, 0.2) is 23.1 Å². The van der Waals surface area contributed by atoms with Crippen LogP contribution in [0.3, 0.4) is 0 Å². The van der Waals surface area contributed by atoms with E-state index in [1.165, 1.54) is 0 Å². The van der Waals surface area contributed by atoms with E-state index in [-0.39, 0.29) is 24.0 Å². The van der Waals surface area contributed by atoms with Crippen molar-refractivity contribution in [3.63, 3.8) is 0 Å². The molecule has 2 heterocycles. The molecule has 0 atom stereocenters. The maximum Gasteiger partial charge on any atom is 0.294 e. The second-order valence-corrected chi connectivity index (χ2v) is 7.34. The summed E-state index contributed by atoms with van der Waals surface area (Å²) in [5.74, 6) is 0.0665. The number of hydrogen-bond donors (Lipinski definition) is 0. The Balaban J connectivity index is 1.73. The molecule has 158 valence electrons. The van der Waals surface area contributed by atoms with Crippen LogP contribution in [0.1, 0.15) is 12.5 Å². The fraction of sp³-hybridized carbons (Fsp3) is 0.400. The number of ether oxygens (including phenoxy) is 3. The second kappa shape index (κ2) is 10.1. The van der Waals surface area contributed by atoms with Crippen LogP contribution >= 0.6 is 11.8 Å². The summed E-state index contributed by atoms with van der Waals surface area (Å²) in [6.07, 6.45) is 1.57. The SMILES string of the molecule is CCOc1cc(/C=C2\SC(=O)N(CC(=O)N3CCOCC3)C2=O)ccc1OCC#N. The van der Waals surface area contributed by atoms with E-state index in [0.717, 1.165) is 16.7 Å². The van der Waals surface area contributed by atoms with Crippen molar-refractivity contribution in [2.75, 3.05) is 46.1 Å². The second-order valence-electron chi connectivity index (χ2n) is 6.35. The zero-order chi connectivity index (χ0) is 21.5. The number of nitrogens with zero attached hydrogens (tertiary/aromatic N) is 3. The van der Waals surface area contributed by atoms with Gasteiger partial charge in [-0.05, 0) is 42.5 Å². The largest absolute Gasteiger partial charge is 0.490 e. The van der Waals surface area contributed by atoms with Gasteiger partial charge in [0.25, 0.3) is 11.1 Å². The van der Waals surface area contributed by atoms with E-state index in [1.807, 2.05) is 13.0 Å². The van der Waals surface area contributed by atoms with Gasteiger partial charge in [-0.15, -0.1) is 0 Å². The lowest BCUT2D eigenvalue weighted by Crippen LogP contribution is -2.46. The van der Waals surface area contributed by atoms with Gasteiger partial charge in [0, 0.05) is 13.1 Å². The van der Waals surface area contributed by atoms with E-state index in [0.29, 0.717) is 50.0 Å². The molecule has 0 unspecified atom stereocenters. The van der Waals surface area contributed by atoms with Gasteiger partial charge in [0.2, 0.25) is 5.91 Å². The summed E-state index contributed by atoms with van der Waals surface area (Å²) in [7, 11) is 0. The molecule has 10 heteroatoms. The lowest BCUT2D eigenvalue weighted by molar-refractivity contribution is -0.139. The van der Waals surface area contributed by atoms with Gasteiger partial charge < -0.3 is 19.1 Å². The summed E-state index contributed by atoms with van der Waals surface area (Å²) in [4.78, 5) is 40.2. The van der Waals surface area contributed by atoms with Crippen LogP contribution < -0.4 is 9.47 Å². The fourth-order valence-electron chi connectivity index (χ4n) is 2.95. The van der Waals surface area contributed by atoms with Gasteiger partial charge in [0.1, 0.15) is 12.6 Å². The van der Waals surface area contributed by atoms with Crippen LogP contribution in [0.5, 0.6) is 11.5 Å². The zero-order valence-electron chi connectivity index (χ0n) is 16.5. The molecule has 2 aliphatic heterocycles. The number of benzene rings is 1. The molecule has 9 nitrogen and oxygen atoms in total. The van der Waals surface area contributed by atoms with E-state index in [9.17, 15) is 14.4 Å². The molecule has 2 fully saturated rings. The zero-order valence-corrected chi connectivity index (χ0v) is 17.3. The number of morpholine rings is 1. The highest BCUT2D eigenvalue weighted by Crippen LogP contribution is 2.34. The van der Waals surface area contributed by atoms with Gasteiger partial charge in [-0.3, -0.25) is 19.3 Å². The molecule has 2 aliphatic rings. The standard InChI is InChI=1S/C20H21N3O6S/c1-2-28-16-11-14(3-4-15(16)29-8-5-21)12-17-19(25)23(20(26)30-17)13-18(24)22-6-9-27-10-7-22/h3-4,11-12H,2,6-10,13H2,1H3/b17-12-. The van der Waals surface area contributed by atoms with Gasteiger partial charge in [-0.1, -0.05) is 6.07 Å². The highest BCUT2D eigenvalue weighted by molar-refractivity contribution is 8.18. The smallest absolute Gasteiger partial charge is 0.294 e. The minimum Gasteiger partial charge on any atom is -0.490 e. The monoisotopic (exact) mass is 431 g/mol. The molecule has 0 N–H and O–H groups in total. The third kappa shape index (κ3) is 5.11. The van der Waals surface area contributed by atoms with Crippen LogP contribution in [-0.2, 0) is 14.3 Å². The van der Waals surface area contributed by atoms with Crippen LogP contribution in [-0.4, -0.2) is 72.9 Å². The summed E-state index contributed by atoms with van der Waals surface area (Å²) in [5.41, 5.74) is 0.632. The van der Waals surface area contributed by atoms with E-state index >= 15 is 0 Å². The molecular weight excluding hydrogens is 410 g/mol. The summed E-state index contributed by atoms with van der Waals surface area (Å²) < 4.78 is 16.1. The van der Waals surface area contributed by atoms with Gasteiger partial charge in [0.15, 0.2) is 18.1 Å². The third-order valence-electron chi connectivity index (χ3n) is 4.39. The number of nitriles is 1. The predicted molar refractivity (Wildman–Crippen MR) is 109 cm³/mol. The average molecular weight is 431 g/mol. The summed E-state index contributed by atoms with van der Waals surface area (Å²) >= 11 is 0.791. The number of carbonyl (C=O) groups is 3. The van der Waals surface area contributed by atoms with Gasteiger partial charge >= 0.3 is 0 Å². The molecule has 1 aromatic carbocycles. The molecule has 0 radical (unpaired) electrons. The summed E-state index contributed by atoms with van der Waals surface area (Å²) in [5, 5.41) is 8.20. The molecule has 30 heavy (non-hydrogen) atoms. The molecule has 2 saturated heterocycles. The predicted octanol–water partition coefficient (Wildman–Crippen LogP) is 1.88. The molecule has 0 bridgehead atoms. The highest BCUT2D eigenvalue weighted by Gasteiger charge is 2.37. The number of hydrogen-bond acceptors (Lipinski definition) is 8. The first-order valence-corrected chi connectivity index (χ1v) is 10.2. The minimum atomic E-state index is -0.505. The topological polar surface area (TPSA) is 109 Å². The lowest BCUT2D eigenvalue weighted by Gasteiger charge is -2.28. The molecule has 0 aliphatic carbocycles. The fourth-order valence-corrected chi connectivity index (χ4v) is 3.79. The Bertz CT molecular complexity index is 904. The van der Waals surface area contributed by atoms with Crippen molar-refractivity contribution in [1.29, 1.82) is 5.26 Å². The van der Waals surface area contributed by atoms with Crippen LogP contribution in [0.25, 0.3) is 6.08 Å². The van der Waals surface area contributed by atoms with E-state index in [1.54, 1.807) is 29.2 Å². The molecule has 0 aromatic heterocycles. The number of imide groups is 1. The quantitative estimate of drug-likeness (QED) is 0.602. The third-order valence-corrected chi connectivity index (χ3v) is 5.30. The van der Waals surface area contributed by atoms with Gasteiger partial charge in [-0.2, -0.15) is 5.26 Å². The van der Waals surface area contributed by atoms with Crippen molar-refractivity contribution in [2.45, 2.75) is 6.92 Å². The lowest BCUT2D eigenvalue weighted by atomic mass is 10.2. The molecular formula is C20H21N3O6S. The van der Waals surface area contributed by atoms with Crippen LogP contribution in [0.2, 0.25) is 0 Å². The first-order chi connectivity index (χ1) is 14.5. The van der Waals surface area contributed by atoms with Crippen molar-refractivity contribution < 1.29 is 28.6 Å². The number of rotatable bonds is 7. The van der Waals surface area contributed by atoms with E-state index in [4.69, 9.17) is 19.5 Å². The van der Waals surface area contributed by atoms with Crippen LogP contribution in [0.4, 0.5) is 4.79 Å². The summed E-state index contributed by atoms with van der Waals surface area (Å²) in [6, 6.07) is 6.90. The molecule has 0 saturated carbocycles. The molecule has 1 aromatic rings. The molecule has 0 spiro atoms. The Kier molecular flexibility index (Phi) is 7.32. The van der Waals surface area contributed by atoms with Crippen LogP contribution in [0, 0.1) is 11.3 Å². The first kappa shape index (κ1) is 21.7. The van der Waals surface area contributed by atoms with E-state index in [2.05, 4.69) is 0 Å². The number of thioether (sulfide) groups is 1. The van der Waals surface area contributed by atoms with Gasteiger partial charge in [-0.25, -0.2) is 0 Å². The minimum absolute atomic E-state index is 0.116. The average Bonchev–Trinajstić information content (AvgIpc) is 3.01. The van der Waals surface area contributed by atoms with Gasteiger partial charge in [0.05, 0.1) is 24.7 Å². The highest BCUT2D eigenvalue weighted by atomic mass is 32.2. The Labute approximate surface area is 178 Å². The normalized spacial score (nSPS) is 17.9. The Morgan fingerprint density at radius 2 is 2.03 bits per heavy atom. The van der Waals surface area contributed by atoms with Crippen molar-refractivity contribution in [3.05, 3.63) is 28.7 Å². The summed E-state index contributed by atoms with van der Waals surface area (Å²) in [6.45, 7) is 3.61.